The van der Waals surface area contributed by atoms with Crippen LogP contribution >= 0.6 is 11.8 Å². The first kappa shape index (κ1) is 11.5. The van der Waals surface area contributed by atoms with Crippen LogP contribution in [0.15, 0.2) is 5.03 Å². The molecule has 3 rings (SSSR count). The van der Waals surface area contributed by atoms with Crippen molar-refractivity contribution >= 4 is 34.7 Å². The predicted octanol–water partition coefficient (Wildman–Crippen LogP) is 1.26. The normalized spacial score (nSPS) is 18.5. The van der Waals surface area contributed by atoms with Crippen LogP contribution in [0.2, 0.25) is 0 Å². The molecular weight excluding hydrogens is 248 g/mol. The number of nitrogen functional groups attached to an aromatic ring is 2. The molecule has 7 heteroatoms. The Hall–Kier alpha value is -1.63. The van der Waals surface area contributed by atoms with E-state index in [1.165, 1.54) is 0 Å². The van der Waals surface area contributed by atoms with Crippen molar-refractivity contribution < 1.29 is 0 Å². The summed E-state index contributed by atoms with van der Waals surface area (Å²) in [7, 11) is 0. The van der Waals surface area contributed by atoms with Gasteiger partial charge in [-0.2, -0.15) is 9.97 Å². The van der Waals surface area contributed by atoms with Crippen molar-refractivity contribution in [1.82, 2.24) is 19.9 Å². The first-order valence-corrected chi connectivity index (χ1v) is 6.69. The first-order chi connectivity index (χ1) is 8.54. The Morgan fingerprint density at radius 3 is 2.67 bits per heavy atom. The minimum absolute atomic E-state index is 0.137. The molecule has 94 valence electrons. The highest BCUT2D eigenvalue weighted by Gasteiger charge is 2.28. The summed E-state index contributed by atoms with van der Waals surface area (Å²) in [5.74, 6) is 1.02. The number of aromatic nitrogens is 4. The van der Waals surface area contributed by atoms with E-state index in [1.807, 2.05) is 0 Å². The summed E-state index contributed by atoms with van der Waals surface area (Å²) in [5.41, 5.74) is 13.4. The third kappa shape index (κ3) is 1.74. The molecule has 0 aromatic carbocycles. The predicted molar refractivity (Wildman–Crippen MR) is 72.1 cm³/mol. The maximum Gasteiger partial charge on any atom is 0.224 e. The molecule has 2 aromatic rings. The molecule has 1 aliphatic rings. The summed E-state index contributed by atoms with van der Waals surface area (Å²) in [4.78, 5) is 17.0. The fourth-order valence-electron chi connectivity index (χ4n) is 1.98. The smallest absolute Gasteiger partial charge is 0.224 e. The van der Waals surface area contributed by atoms with E-state index in [0.717, 1.165) is 17.1 Å². The van der Waals surface area contributed by atoms with Crippen LogP contribution in [0.1, 0.15) is 19.5 Å². The zero-order valence-electron chi connectivity index (χ0n) is 10.2. The molecule has 0 spiro atoms. The lowest BCUT2D eigenvalue weighted by Crippen LogP contribution is -2.09. The fourth-order valence-corrected chi connectivity index (χ4v) is 3.19. The fraction of sp³-hybridized carbons (Fsp3) is 0.455. The van der Waals surface area contributed by atoms with Gasteiger partial charge in [0.05, 0.1) is 5.69 Å². The van der Waals surface area contributed by atoms with Crippen molar-refractivity contribution in [3.05, 3.63) is 5.69 Å². The van der Waals surface area contributed by atoms with Gasteiger partial charge >= 0.3 is 0 Å². The first-order valence-electron chi connectivity index (χ1n) is 5.81. The van der Waals surface area contributed by atoms with Crippen molar-refractivity contribution in [3.63, 3.8) is 0 Å². The average molecular weight is 262 g/mol. The second-order valence-corrected chi connectivity index (χ2v) is 5.95. The van der Waals surface area contributed by atoms with E-state index in [1.54, 1.807) is 11.8 Å². The summed E-state index contributed by atoms with van der Waals surface area (Å²) in [5, 5.41) is 1.46. The van der Waals surface area contributed by atoms with Gasteiger partial charge in [0.1, 0.15) is 5.03 Å². The van der Waals surface area contributed by atoms with Gasteiger partial charge in [-0.15, -0.1) is 11.8 Å². The lowest BCUT2D eigenvalue weighted by Gasteiger charge is -2.10. The lowest BCUT2D eigenvalue weighted by atomic mass is 10.1. The van der Waals surface area contributed by atoms with E-state index in [2.05, 4.69) is 33.8 Å². The Kier molecular flexibility index (Phi) is 2.51. The summed E-state index contributed by atoms with van der Waals surface area (Å²) >= 11 is 1.76. The van der Waals surface area contributed by atoms with Crippen LogP contribution in [0.3, 0.4) is 0 Å². The summed E-state index contributed by atoms with van der Waals surface area (Å²) in [6, 6.07) is 0. The number of nitrogens with zero attached hydrogens (tertiary/aromatic N) is 4. The Labute approximate surface area is 109 Å². The maximum atomic E-state index is 5.81. The SMILES string of the molecule is CC(C)C1Cc2nc3c(N)nc(N)nc3nc2S1. The van der Waals surface area contributed by atoms with Crippen LogP contribution in [-0.4, -0.2) is 25.2 Å². The van der Waals surface area contributed by atoms with Gasteiger partial charge in [0, 0.05) is 11.7 Å². The van der Waals surface area contributed by atoms with E-state index >= 15 is 0 Å². The van der Waals surface area contributed by atoms with Crippen molar-refractivity contribution in [2.24, 2.45) is 5.92 Å². The van der Waals surface area contributed by atoms with Crippen LogP contribution in [0, 0.1) is 5.92 Å². The molecule has 3 heterocycles. The number of thioether (sulfide) groups is 1. The van der Waals surface area contributed by atoms with Gasteiger partial charge in [0.25, 0.3) is 0 Å². The molecule has 0 aliphatic carbocycles. The number of hydrogen-bond acceptors (Lipinski definition) is 7. The van der Waals surface area contributed by atoms with E-state index in [-0.39, 0.29) is 5.95 Å². The zero-order valence-corrected chi connectivity index (χ0v) is 11.0. The minimum Gasteiger partial charge on any atom is -0.382 e. The number of fused-ring (bicyclic) bond motifs is 2. The van der Waals surface area contributed by atoms with E-state index in [4.69, 9.17) is 11.5 Å². The Balaban J connectivity index is 2.14. The Morgan fingerprint density at radius 2 is 1.94 bits per heavy atom. The van der Waals surface area contributed by atoms with Gasteiger partial charge in [-0.25, -0.2) is 9.97 Å². The molecule has 0 fully saturated rings. The number of anilines is 2. The average Bonchev–Trinajstić information content (AvgIpc) is 2.69. The molecule has 0 bridgehead atoms. The van der Waals surface area contributed by atoms with Crippen molar-refractivity contribution in [2.45, 2.75) is 30.5 Å². The highest BCUT2D eigenvalue weighted by Crippen LogP contribution is 2.39. The Bertz CT molecular complexity index is 626. The third-order valence-corrected chi connectivity index (χ3v) is 4.58. The zero-order chi connectivity index (χ0) is 12.9. The summed E-state index contributed by atoms with van der Waals surface area (Å²) < 4.78 is 0. The molecule has 6 nitrogen and oxygen atoms in total. The summed E-state index contributed by atoms with van der Waals surface area (Å²) in [6.45, 7) is 4.41. The molecule has 0 saturated heterocycles. The quantitative estimate of drug-likeness (QED) is 0.797. The molecule has 0 saturated carbocycles. The molecule has 4 N–H and O–H groups in total. The third-order valence-electron chi connectivity index (χ3n) is 3.01. The largest absolute Gasteiger partial charge is 0.382 e. The number of nitrogens with two attached hydrogens (primary N) is 2. The standard InChI is InChI=1S/C11H14N6S/c1-4(2)6-3-5-10(18-6)16-9-7(14-5)8(12)15-11(13)17-9/h4,6H,3H2,1-2H3,(H4,12,13,15,16,17). The van der Waals surface area contributed by atoms with Gasteiger partial charge < -0.3 is 11.5 Å². The van der Waals surface area contributed by atoms with Crippen LogP contribution in [0.4, 0.5) is 11.8 Å². The topological polar surface area (TPSA) is 104 Å². The maximum absolute atomic E-state index is 5.81. The molecule has 1 unspecified atom stereocenters. The molecular formula is C11H14N6S. The molecule has 1 aliphatic heterocycles. The van der Waals surface area contributed by atoms with Crippen LogP contribution < -0.4 is 11.5 Å². The van der Waals surface area contributed by atoms with Gasteiger partial charge in [0.2, 0.25) is 5.95 Å². The monoisotopic (exact) mass is 262 g/mol. The van der Waals surface area contributed by atoms with E-state index in [0.29, 0.717) is 28.1 Å². The van der Waals surface area contributed by atoms with Crippen molar-refractivity contribution in [3.8, 4) is 0 Å². The van der Waals surface area contributed by atoms with E-state index < -0.39 is 0 Å². The molecule has 0 amide bonds. The Morgan fingerprint density at radius 1 is 1.17 bits per heavy atom. The van der Waals surface area contributed by atoms with Gasteiger partial charge in [-0.1, -0.05) is 13.8 Å². The van der Waals surface area contributed by atoms with E-state index in [9.17, 15) is 0 Å². The van der Waals surface area contributed by atoms with Crippen LogP contribution in [0.25, 0.3) is 11.2 Å². The highest BCUT2D eigenvalue weighted by atomic mass is 32.2. The highest BCUT2D eigenvalue weighted by molar-refractivity contribution is 8.00. The number of rotatable bonds is 1. The molecule has 0 radical (unpaired) electrons. The molecule has 18 heavy (non-hydrogen) atoms. The lowest BCUT2D eigenvalue weighted by molar-refractivity contribution is 0.607. The van der Waals surface area contributed by atoms with Crippen LogP contribution in [-0.2, 0) is 6.42 Å². The van der Waals surface area contributed by atoms with Gasteiger partial charge in [0.15, 0.2) is 17.0 Å². The van der Waals surface area contributed by atoms with Gasteiger partial charge in [-0.05, 0) is 5.92 Å². The summed E-state index contributed by atoms with van der Waals surface area (Å²) in [6.07, 6.45) is 0.921. The van der Waals surface area contributed by atoms with Crippen LogP contribution in [0.5, 0.6) is 0 Å². The molecule has 1 atom stereocenters. The second-order valence-electron chi connectivity index (χ2n) is 4.72. The second kappa shape index (κ2) is 3.94. The van der Waals surface area contributed by atoms with Gasteiger partial charge in [-0.3, -0.25) is 0 Å². The van der Waals surface area contributed by atoms with Crippen molar-refractivity contribution in [2.75, 3.05) is 11.5 Å². The number of hydrogen-bond donors (Lipinski definition) is 2. The minimum atomic E-state index is 0.137. The molecule has 2 aromatic heterocycles. The van der Waals surface area contributed by atoms with Crippen molar-refractivity contribution in [1.29, 1.82) is 0 Å².